The van der Waals surface area contributed by atoms with Crippen molar-refractivity contribution in [3.63, 3.8) is 0 Å². The molecule has 3 amide bonds. The van der Waals surface area contributed by atoms with Crippen molar-refractivity contribution in [1.29, 1.82) is 0 Å². The number of ether oxygens (including phenoxy) is 1. The van der Waals surface area contributed by atoms with Gasteiger partial charge in [-0.2, -0.15) is 0 Å². The Labute approximate surface area is 166 Å². The Bertz CT molecular complexity index is 686. The fourth-order valence-electron chi connectivity index (χ4n) is 3.94. The minimum Gasteiger partial charge on any atom is -0.466 e. The van der Waals surface area contributed by atoms with Crippen molar-refractivity contribution in [3.8, 4) is 0 Å². The molecule has 0 radical (unpaired) electrons. The maximum Gasteiger partial charge on any atom is 0.321 e. The standard InChI is InChI=1S/C21H29N3O4/c1-2-28-20(26)17-7-6-12-24(15-17)19(25)16-10-13-23(14-11-16)21(27)22-18-8-4-3-5-9-18/h3-5,8-9,16-17H,2,6-7,10-15H2,1H3,(H,22,27)/t17-/m0/s1. The minimum atomic E-state index is -0.214. The second-order valence-electron chi connectivity index (χ2n) is 7.43. The van der Waals surface area contributed by atoms with E-state index in [0.29, 0.717) is 45.6 Å². The number of nitrogens with one attached hydrogen (secondary N) is 1. The van der Waals surface area contributed by atoms with Crippen LogP contribution in [0.25, 0.3) is 0 Å². The van der Waals surface area contributed by atoms with E-state index in [-0.39, 0.29) is 29.7 Å². The van der Waals surface area contributed by atoms with Crippen molar-refractivity contribution in [2.45, 2.75) is 32.6 Å². The minimum absolute atomic E-state index is 0.0817. The molecule has 2 heterocycles. The zero-order valence-corrected chi connectivity index (χ0v) is 16.4. The van der Waals surface area contributed by atoms with Gasteiger partial charge in [-0.3, -0.25) is 9.59 Å². The number of rotatable bonds is 4. The Hall–Kier alpha value is -2.57. The summed E-state index contributed by atoms with van der Waals surface area (Å²) >= 11 is 0. The Balaban J connectivity index is 1.48. The highest BCUT2D eigenvalue weighted by Crippen LogP contribution is 2.25. The zero-order chi connectivity index (χ0) is 19.9. The highest BCUT2D eigenvalue weighted by molar-refractivity contribution is 5.89. The van der Waals surface area contributed by atoms with Crippen molar-refractivity contribution < 1.29 is 19.1 Å². The molecule has 1 N–H and O–H groups in total. The molecule has 3 rings (SSSR count). The van der Waals surface area contributed by atoms with E-state index >= 15 is 0 Å². The molecular weight excluding hydrogens is 358 g/mol. The van der Waals surface area contributed by atoms with Gasteiger partial charge in [0.2, 0.25) is 5.91 Å². The molecule has 0 unspecified atom stereocenters. The molecule has 1 atom stereocenters. The third kappa shape index (κ3) is 5.03. The zero-order valence-electron chi connectivity index (χ0n) is 16.4. The van der Waals surface area contributed by atoms with E-state index in [9.17, 15) is 14.4 Å². The number of esters is 1. The van der Waals surface area contributed by atoms with Crippen molar-refractivity contribution in [3.05, 3.63) is 30.3 Å². The van der Waals surface area contributed by atoms with Gasteiger partial charge in [-0.15, -0.1) is 0 Å². The van der Waals surface area contributed by atoms with E-state index in [0.717, 1.165) is 18.5 Å². The van der Waals surface area contributed by atoms with Crippen LogP contribution < -0.4 is 5.32 Å². The number of para-hydroxylation sites is 1. The highest BCUT2D eigenvalue weighted by atomic mass is 16.5. The topological polar surface area (TPSA) is 79.0 Å². The van der Waals surface area contributed by atoms with Crippen molar-refractivity contribution in [2.75, 3.05) is 38.1 Å². The summed E-state index contributed by atoms with van der Waals surface area (Å²) in [6.45, 7) is 4.43. The average molecular weight is 387 g/mol. The lowest BCUT2D eigenvalue weighted by atomic mass is 9.92. The molecule has 0 bridgehead atoms. The lowest BCUT2D eigenvalue weighted by molar-refractivity contribution is -0.152. The number of piperidine rings is 2. The van der Waals surface area contributed by atoms with Gasteiger partial charge in [0.05, 0.1) is 12.5 Å². The highest BCUT2D eigenvalue weighted by Gasteiger charge is 2.34. The number of benzene rings is 1. The molecule has 1 aromatic rings. The smallest absolute Gasteiger partial charge is 0.321 e. The molecule has 1 aromatic carbocycles. The van der Waals surface area contributed by atoms with Gasteiger partial charge in [0.25, 0.3) is 0 Å². The normalized spacial score (nSPS) is 20.5. The number of likely N-dealkylation sites (tertiary alicyclic amines) is 2. The Morgan fingerprint density at radius 2 is 1.71 bits per heavy atom. The van der Waals surface area contributed by atoms with Crippen molar-refractivity contribution in [2.24, 2.45) is 11.8 Å². The van der Waals surface area contributed by atoms with E-state index in [1.165, 1.54) is 0 Å². The number of amides is 3. The first-order valence-electron chi connectivity index (χ1n) is 10.1. The van der Waals surface area contributed by atoms with E-state index in [4.69, 9.17) is 4.74 Å². The molecule has 28 heavy (non-hydrogen) atoms. The van der Waals surface area contributed by atoms with E-state index in [1.807, 2.05) is 35.2 Å². The molecule has 0 saturated carbocycles. The predicted octanol–water partition coefficient (Wildman–Crippen LogP) is 2.73. The molecule has 0 spiro atoms. The quantitative estimate of drug-likeness (QED) is 0.806. The molecule has 2 aliphatic rings. The Kier molecular flexibility index (Phi) is 6.90. The predicted molar refractivity (Wildman–Crippen MR) is 106 cm³/mol. The summed E-state index contributed by atoms with van der Waals surface area (Å²) in [6, 6.07) is 9.23. The van der Waals surface area contributed by atoms with Crippen LogP contribution in [0.15, 0.2) is 30.3 Å². The summed E-state index contributed by atoms with van der Waals surface area (Å²) in [5, 5.41) is 2.89. The van der Waals surface area contributed by atoms with E-state index in [1.54, 1.807) is 11.8 Å². The lowest BCUT2D eigenvalue weighted by Gasteiger charge is -2.37. The summed E-state index contributed by atoms with van der Waals surface area (Å²) in [4.78, 5) is 40.9. The van der Waals surface area contributed by atoms with Crippen LogP contribution in [0.2, 0.25) is 0 Å². The third-order valence-corrected chi connectivity index (χ3v) is 5.51. The first kappa shape index (κ1) is 20.2. The third-order valence-electron chi connectivity index (χ3n) is 5.51. The summed E-state index contributed by atoms with van der Waals surface area (Å²) in [6.07, 6.45) is 2.91. The SMILES string of the molecule is CCOC(=O)[C@H]1CCCN(C(=O)C2CCN(C(=O)Nc3ccccc3)CC2)C1. The van der Waals surface area contributed by atoms with E-state index < -0.39 is 0 Å². The lowest BCUT2D eigenvalue weighted by Crippen LogP contribution is -2.49. The molecule has 2 saturated heterocycles. The first-order valence-corrected chi connectivity index (χ1v) is 10.1. The van der Waals surface area contributed by atoms with Crippen LogP contribution in [0.3, 0.4) is 0 Å². The fraction of sp³-hybridized carbons (Fsp3) is 0.571. The van der Waals surface area contributed by atoms with Crippen LogP contribution in [0.1, 0.15) is 32.6 Å². The van der Waals surface area contributed by atoms with Gasteiger partial charge in [0.1, 0.15) is 0 Å². The van der Waals surface area contributed by atoms with Crippen LogP contribution in [0.4, 0.5) is 10.5 Å². The van der Waals surface area contributed by atoms with Gasteiger partial charge in [0.15, 0.2) is 0 Å². The van der Waals surface area contributed by atoms with Gasteiger partial charge in [-0.25, -0.2) is 4.79 Å². The fourth-order valence-corrected chi connectivity index (χ4v) is 3.94. The molecule has 152 valence electrons. The number of nitrogens with zero attached hydrogens (tertiary/aromatic N) is 2. The number of carbonyl (C=O) groups excluding carboxylic acids is 3. The maximum absolute atomic E-state index is 12.9. The Morgan fingerprint density at radius 1 is 1.00 bits per heavy atom. The average Bonchev–Trinajstić information content (AvgIpc) is 2.74. The van der Waals surface area contributed by atoms with Gasteiger partial charge < -0.3 is 19.9 Å². The van der Waals surface area contributed by atoms with Gasteiger partial charge in [0, 0.05) is 37.8 Å². The molecule has 0 aliphatic carbocycles. The van der Waals surface area contributed by atoms with Crippen LogP contribution >= 0.6 is 0 Å². The largest absolute Gasteiger partial charge is 0.466 e. The Morgan fingerprint density at radius 3 is 2.39 bits per heavy atom. The van der Waals surface area contributed by atoms with Gasteiger partial charge in [-0.05, 0) is 44.7 Å². The number of urea groups is 1. The van der Waals surface area contributed by atoms with Gasteiger partial charge in [-0.1, -0.05) is 18.2 Å². The van der Waals surface area contributed by atoms with Crippen LogP contribution in [-0.2, 0) is 14.3 Å². The molecule has 2 fully saturated rings. The second-order valence-corrected chi connectivity index (χ2v) is 7.43. The van der Waals surface area contributed by atoms with Crippen LogP contribution in [-0.4, -0.2) is 60.5 Å². The number of hydrogen-bond acceptors (Lipinski definition) is 4. The summed E-state index contributed by atoms with van der Waals surface area (Å²) in [5.41, 5.74) is 0.768. The molecule has 0 aromatic heterocycles. The summed E-state index contributed by atoms with van der Waals surface area (Å²) in [5.74, 6) is -0.388. The molecule has 2 aliphatic heterocycles. The van der Waals surface area contributed by atoms with E-state index in [2.05, 4.69) is 5.32 Å². The number of hydrogen-bond donors (Lipinski definition) is 1. The molecule has 7 heteroatoms. The van der Waals surface area contributed by atoms with Crippen molar-refractivity contribution >= 4 is 23.6 Å². The first-order chi connectivity index (χ1) is 13.6. The molecular formula is C21H29N3O4. The number of carbonyl (C=O) groups is 3. The second kappa shape index (κ2) is 9.57. The summed E-state index contributed by atoms with van der Waals surface area (Å²) < 4.78 is 5.12. The summed E-state index contributed by atoms with van der Waals surface area (Å²) in [7, 11) is 0. The molecule has 7 nitrogen and oxygen atoms in total. The number of anilines is 1. The van der Waals surface area contributed by atoms with Crippen molar-refractivity contribution in [1.82, 2.24) is 9.80 Å². The monoisotopic (exact) mass is 387 g/mol. The van der Waals surface area contributed by atoms with Gasteiger partial charge >= 0.3 is 12.0 Å². The van der Waals surface area contributed by atoms with Crippen LogP contribution in [0.5, 0.6) is 0 Å². The maximum atomic E-state index is 12.9. The van der Waals surface area contributed by atoms with Crippen LogP contribution in [0, 0.1) is 11.8 Å².